The number of hydrogen-bond donors (Lipinski definition) is 0. The minimum absolute atomic E-state index is 0.825. The molecule has 0 aliphatic heterocycles. The van der Waals surface area contributed by atoms with Crippen molar-refractivity contribution in [3.05, 3.63) is 84.6 Å². The zero-order valence-corrected chi connectivity index (χ0v) is 14.7. The largest absolute Gasteiger partial charge is 0.341 e. The van der Waals surface area contributed by atoms with Crippen molar-refractivity contribution in [2.45, 2.75) is 32.2 Å². The Bertz CT molecular complexity index is 910. The third-order valence-corrected chi connectivity index (χ3v) is 5.48. The molecule has 4 rings (SSSR count). The molecule has 1 saturated carbocycles. The van der Waals surface area contributed by atoms with Crippen molar-refractivity contribution in [1.29, 1.82) is 0 Å². The molecule has 0 unspecified atom stereocenters. The average Bonchev–Trinajstić information content (AvgIpc) is 2.95. The molecular weight excluding hydrogens is 302 g/mol. The van der Waals surface area contributed by atoms with Gasteiger partial charge in [-0.3, -0.25) is 0 Å². The Balaban J connectivity index is 1.67. The van der Waals surface area contributed by atoms with Crippen molar-refractivity contribution in [2.24, 2.45) is 5.92 Å². The predicted octanol–water partition coefficient (Wildman–Crippen LogP) is 6.34. The maximum atomic E-state index is 4.34. The van der Waals surface area contributed by atoms with E-state index in [-0.39, 0.29) is 0 Å². The van der Waals surface area contributed by atoms with E-state index in [0.29, 0.717) is 0 Å². The molecule has 1 aromatic heterocycles. The predicted molar refractivity (Wildman–Crippen MR) is 109 cm³/mol. The molecule has 25 heavy (non-hydrogen) atoms. The Hall–Kier alpha value is -2.54. The van der Waals surface area contributed by atoms with Crippen molar-refractivity contribution in [1.82, 2.24) is 4.57 Å². The van der Waals surface area contributed by atoms with Crippen molar-refractivity contribution < 1.29 is 0 Å². The second-order valence-corrected chi connectivity index (χ2v) is 7.22. The normalized spacial score (nSPS) is 14.4. The van der Waals surface area contributed by atoms with E-state index in [4.69, 9.17) is 0 Å². The summed E-state index contributed by atoms with van der Waals surface area (Å²) >= 11 is 0. The summed E-state index contributed by atoms with van der Waals surface area (Å²) in [4.78, 5) is 0. The summed E-state index contributed by atoms with van der Waals surface area (Å²) in [5, 5.41) is 1.30. The first-order valence-electron chi connectivity index (χ1n) is 9.22. The van der Waals surface area contributed by atoms with Gasteiger partial charge in [0.2, 0.25) is 0 Å². The lowest BCUT2D eigenvalue weighted by molar-refractivity contribution is 0.279. The SMILES string of the molecule is C=Cc1cc2ccc(C(=C)Cc3ccccc3)cc2n1CC1CCC1. The van der Waals surface area contributed by atoms with Gasteiger partial charge in [0.25, 0.3) is 0 Å². The highest BCUT2D eigenvalue weighted by Gasteiger charge is 2.20. The van der Waals surface area contributed by atoms with Crippen LogP contribution in [0.2, 0.25) is 0 Å². The van der Waals surface area contributed by atoms with Gasteiger partial charge in [0.15, 0.2) is 0 Å². The van der Waals surface area contributed by atoms with Crippen LogP contribution in [0.5, 0.6) is 0 Å². The lowest BCUT2D eigenvalue weighted by Gasteiger charge is -2.27. The summed E-state index contributed by atoms with van der Waals surface area (Å²) in [5.41, 5.74) is 6.26. The monoisotopic (exact) mass is 327 g/mol. The van der Waals surface area contributed by atoms with E-state index < -0.39 is 0 Å². The van der Waals surface area contributed by atoms with Crippen LogP contribution in [0.15, 0.2) is 67.8 Å². The van der Waals surface area contributed by atoms with Crippen LogP contribution in [0.4, 0.5) is 0 Å². The highest BCUT2D eigenvalue weighted by molar-refractivity contribution is 5.87. The van der Waals surface area contributed by atoms with Crippen LogP contribution in [0, 0.1) is 5.92 Å². The van der Waals surface area contributed by atoms with Crippen LogP contribution >= 0.6 is 0 Å². The van der Waals surface area contributed by atoms with E-state index in [1.54, 1.807) is 0 Å². The van der Waals surface area contributed by atoms with E-state index in [0.717, 1.165) is 18.9 Å². The van der Waals surface area contributed by atoms with E-state index in [9.17, 15) is 0 Å². The molecule has 0 amide bonds. The average molecular weight is 327 g/mol. The number of benzene rings is 2. The molecule has 1 heteroatoms. The molecule has 1 heterocycles. The summed E-state index contributed by atoms with van der Waals surface area (Å²) < 4.78 is 2.45. The van der Waals surface area contributed by atoms with E-state index >= 15 is 0 Å². The van der Waals surface area contributed by atoms with Crippen LogP contribution in [0.25, 0.3) is 22.6 Å². The van der Waals surface area contributed by atoms with Crippen molar-refractivity contribution >= 4 is 22.6 Å². The van der Waals surface area contributed by atoms with Crippen molar-refractivity contribution in [3.63, 3.8) is 0 Å². The van der Waals surface area contributed by atoms with Gasteiger partial charge in [-0.2, -0.15) is 0 Å². The first kappa shape index (κ1) is 16.0. The minimum Gasteiger partial charge on any atom is -0.341 e. The van der Waals surface area contributed by atoms with Gasteiger partial charge < -0.3 is 4.57 Å². The van der Waals surface area contributed by atoms with Gasteiger partial charge in [0, 0.05) is 23.1 Å². The van der Waals surface area contributed by atoms with Crippen LogP contribution in [-0.4, -0.2) is 4.57 Å². The molecule has 0 atom stereocenters. The zero-order chi connectivity index (χ0) is 17.2. The van der Waals surface area contributed by atoms with Gasteiger partial charge in [-0.15, -0.1) is 0 Å². The maximum Gasteiger partial charge on any atom is 0.0491 e. The van der Waals surface area contributed by atoms with Gasteiger partial charge in [0.05, 0.1) is 0 Å². The van der Waals surface area contributed by atoms with Gasteiger partial charge in [-0.25, -0.2) is 0 Å². The fraction of sp³-hybridized carbons (Fsp3) is 0.250. The first-order valence-corrected chi connectivity index (χ1v) is 9.22. The van der Waals surface area contributed by atoms with Crippen LogP contribution in [-0.2, 0) is 13.0 Å². The molecule has 0 saturated heterocycles. The highest BCUT2D eigenvalue weighted by atomic mass is 15.0. The summed E-state index contributed by atoms with van der Waals surface area (Å²) in [6, 6.07) is 19.6. The van der Waals surface area contributed by atoms with E-state index in [2.05, 4.69) is 72.3 Å². The molecule has 0 bridgehead atoms. The van der Waals surface area contributed by atoms with Crippen LogP contribution < -0.4 is 0 Å². The summed E-state index contributed by atoms with van der Waals surface area (Å²) in [6.45, 7) is 9.47. The maximum absolute atomic E-state index is 4.34. The zero-order valence-electron chi connectivity index (χ0n) is 14.7. The minimum atomic E-state index is 0.825. The molecular formula is C24H25N. The topological polar surface area (TPSA) is 4.93 Å². The van der Waals surface area contributed by atoms with E-state index in [1.165, 1.54) is 52.6 Å². The number of hydrogen-bond acceptors (Lipinski definition) is 0. The molecule has 1 aliphatic carbocycles. The lowest BCUT2D eigenvalue weighted by atomic mass is 9.85. The van der Waals surface area contributed by atoms with Crippen molar-refractivity contribution in [3.8, 4) is 0 Å². The van der Waals surface area contributed by atoms with Gasteiger partial charge >= 0.3 is 0 Å². The molecule has 0 spiro atoms. The number of rotatable bonds is 6. The first-order chi connectivity index (χ1) is 12.2. The second-order valence-electron chi connectivity index (χ2n) is 7.22. The quantitative estimate of drug-likeness (QED) is 0.498. The Labute approximate surface area is 150 Å². The standard InChI is InChI=1S/C24H25N/c1-3-23-15-22-13-12-21(18(2)14-19-8-5-4-6-9-19)16-24(22)25(23)17-20-10-7-11-20/h3-6,8-9,12-13,15-16,20H,1-2,7,10-11,14,17H2. The Kier molecular flexibility index (Phi) is 4.31. The fourth-order valence-electron chi connectivity index (χ4n) is 3.75. The Morgan fingerprint density at radius 2 is 1.88 bits per heavy atom. The lowest BCUT2D eigenvalue weighted by Crippen LogP contribution is -2.18. The van der Waals surface area contributed by atoms with Gasteiger partial charge in [-0.05, 0) is 60.1 Å². The summed E-state index contributed by atoms with van der Waals surface area (Å²) in [5.74, 6) is 0.825. The molecule has 3 aromatic rings. The van der Waals surface area contributed by atoms with E-state index in [1.807, 2.05) is 6.08 Å². The smallest absolute Gasteiger partial charge is 0.0491 e. The molecule has 1 aliphatic rings. The number of aromatic nitrogens is 1. The molecule has 126 valence electrons. The third-order valence-electron chi connectivity index (χ3n) is 5.48. The molecule has 1 fully saturated rings. The number of allylic oxidation sites excluding steroid dienone is 1. The summed E-state index contributed by atoms with van der Waals surface area (Å²) in [6.07, 6.45) is 6.97. The van der Waals surface area contributed by atoms with Crippen molar-refractivity contribution in [2.75, 3.05) is 0 Å². The van der Waals surface area contributed by atoms with Gasteiger partial charge in [-0.1, -0.05) is 62.0 Å². The second kappa shape index (κ2) is 6.76. The number of fused-ring (bicyclic) bond motifs is 1. The van der Waals surface area contributed by atoms with Crippen LogP contribution in [0.3, 0.4) is 0 Å². The summed E-state index contributed by atoms with van der Waals surface area (Å²) in [7, 11) is 0. The Morgan fingerprint density at radius 3 is 2.56 bits per heavy atom. The fourth-order valence-corrected chi connectivity index (χ4v) is 3.75. The molecule has 2 aromatic carbocycles. The number of nitrogens with zero attached hydrogens (tertiary/aromatic N) is 1. The Morgan fingerprint density at radius 1 is 1.08 bits per heavy atom. The molecule has 0 radical (unpaired) electrons. The molecule has 0 N–H and O–H groups in total. The van der Waals surface area contributed by atoms with Crippen LogP contribution in [0.1, 0.15) is 36.1 Å². The third kappa shape index (κ3) is 3.19. The molecule has 1 nitrogen and oxygen atoms in total. The highest BCUT2D eigenvalue weighted by Crippen LogP contribution is 2.32. The van der Waals surface area contributed by atoms with Gasteiger partial charge in [0.1, 0.15) is 0 Å².